The lowest BCUT2D eigenvalue weighted by Gasteiger charge is -2.25. The Labute approximate surface area is 118 Å². The molecule has 100 valence electrons. The van der Waals surface area contributed by atoms with E-state index in [0.29, 0.717) is 0 Å². The summed E-state index contributed by atoms with van der Waals surface area (Å²) in [4.78, 5) is 8.72. The number of fused-ring (bicyclic) bond motifs is 1. The smallest absolute Gasteiger partial charge is 0.125 e. The molecule has 0 spiro atoms. The van der Waals surface area contributed by atoms with E-state index in [4.69, 9.17) is 10.7 Å². The summed E-state index contributed by atoms with van der Waals surface area (Å²) in [6.45, 7) is 5.60. The van der Waals surface area contributed by atoms with Gasteiger partial charge in [-0.3, -0.25) is 4.90 Å². The summed E-state index contributed by atoms with van der Waals surface area (Å²) in [6.07, 6.45) is 2.28. The molecule has 1 aliphatic heterocycles. The average Bonchev–Trinajstić information content (AvgIpc) is 2.82. The number of nitrogen functional groups attached to an aromatic ring is 1. The van der Waals surface area contributed by atoms with Gasteiger partial charge in [-0.2, -0.15) is 0 Å². The van der Waals surface area contributed by atoms with Crippen molar-refractivity contribution < 1.29 is 0 Å². The minimum Gasteiger partial charge on any atom is -0.398 e. The number of aromatic nitrogens is 1. The number of para-hydroxylation sites is 1. The molecule has 0 atom stereocenters. The zero-order valence-corrected chi connectivity index (χ0v) is 12.0. The second-order valence-corrected chi connectivity index (χ2v) is 6.09. The van der Waals surface area contributed by atoms with Crippen LogP contribution in [0.5, 0.6) is 0 Å². The molecular weight excluding hydrogens is 254 g/mol. The Morgan fingerprint density at radius 2 is 2.21 bits per heavy atom. The summed E-state index contributed by atoms with van der Waals surface area (Å²) < 4.78 is 0. The summed E-state index contributed by atoms with van der Waals surface area (Å²) in [5.41, 5.74) is 9.21. The highest BCUT2D eigenvalue weighted by atomic mass is 32.1. The van der Waals surface area contributed by atoms with E-state index in [1.807, 2.05) is 18.2 Å². The quantitative estimate of drug-likeness (QED) is 0.873. The molecule has 0 aliphatic carbocycles. The Balaban J connectivity index is 1.90. The third-order valence-corrected chi connectivity index (χ3v) is 4.66. The van der Waals surface area contributed by atoms with Crippen molar-refractivity contribution in [3.63, 3.8) is 0 Å². The van der Waals surface area contributed by atoms with Crippen LogP contribution in [0, 0.1) is 0 Å². The molecule has 1 aliphatic rings. The molecule has 2 N–H and O–H groups in total. The van der Waals surface area contributed by atoms with Crippen LogP contribution < -0.4 is 5.73 Å². The van der Waals surface area contributed by atoms with Crippen molar-refractivity contribution in [2.75, 3.05) is 18.8 Å². The van der Waals surface area contributed by atoms with E-state index in [-0.39, 0.29) is 0 Å². The molecule has 4 heteroatoms. The molecule has 1 aromatic carbocycles. The first-order valence-electron chi connectivity index (χ1n) is 6.83. The molecule has 0 saturated heterocycles. The third kappa shape index (κ3) is 2.51. The van der Waals surface area contributed by atoms with Crippen LogP contribution in [-0.2, 0) is 13.0 Å². The van der Waals surface area contributed by atoms with Gasteiger partial charge >= 0.3 is 0 Å². The Morgan fingerprint density at radius 1 is 1.37 bits per heavy atom. The maximum atomic E-state index is 6.04. The summed E-state index contributed by atoms with van der Waals surface area (Å²) in [7, 11) is 0. The zero-order chi connectivity index (χ0) is 13.2. The van der Waals surface area contributed by atoms with E-state index >= 15 is 0 Å². The zero-order valence-electron chi connectivity index (χ0n) is 11.2. The predicted molar refractivity (Wildman–Crippen MR) is 81.2 cm³/mol. The minimum atomic E-state index is 0.819. The van der Waals surface area contributed by atoms with Gasteiger partial charge in [-0.25, -0.2) is 4.98 Å². The van der Waals surface area contributed by atoms with Gasteiger partial charge in [-0.05, 0) is 25.1 Å². The summed E-state index contributed by atoms with van der Waals surface area (Å²) >= 11 is 1.80. The fourth-order valence-corrected chi connectivity index (χ4v) is 3.76. The van der Waals surface area contributed by atoms with E-state index in [2.05, 4.69) is 17.9 Å². The second-order valence-electron chi connectivity index (χ2n) is 5.00. The lowest BCUT2D eigenvalue weighted by Crippen LogP contribution is -2.30. The first kappa shape index (κ1) is 12.6. The van der Waals surface area contributed by atoms with Crippen molar-refractivity contribution >= 4 is 17.0 Å². The van der Waals surface area contributed by atoms with Gasteiger partial charge in [0.05, 0.1) is 5.69 Å². The molecule has 0 saturated carbocycles. The molecule has 19 heavy (non-hydrogen) atoms. The predicted octanol–water partition coefficient (Wildman–Crippen LogP) is 3.16. The van der Waals surface area contributed by atoms with Gasteiger partial charge in [0, 0.05) is 35.6 Å². The molecule has 0 fully saturated rings. The van der Waals surface area contributed by atoms with Crippen LogP contribution in [0.2, 0.25) is 0 Å². The molecule has 1 aromatic heterocycles. The highest BCUT2D eigenvalue weighted by Crippen LogP contribution is 2.34. The first-order valence-corrected chi connectivity index (χ1v) is 7.65. The number of nitrogens with zero attached hydrogens (tertiary/aromatic N) is 2. The number of anilines is 1. The number of hydrogen-bond acceptors (Lipinski definition) is 4. The van der Waals surface area contributed by atoms with Crippen LogP contribution in [0.4, 0.5) is 5.69 Å². The lowest BCUT2D eigenvalue weighted by atomic mass is 10.1. The van der Waals surface area contributed by atoms with Crippen LogP contribution in [0.3, 0.4) is 0 Å². The first-order chi connectivity index (χ1) is 9.28. The van der Waals surface area contributed by atoms with Crippen molar-refractivity contribution in [1.29, 1.82) is 0 Å². The summed E-state index contributed by atoms with van der Waals surface area (Å²) in [5, 5.41) is 1.07. The van der Waals surface area contributed by atoms with Crippen LogP contribution >= 0.6 is 11.3 Å². The minimum absolute atomic E-state index is 0.819. The molecule has 0 unspecified atom stereocenters. The van der Waals surface area contributed by atoms with Gasteiger partial charge in [0.25, 0.3) is 0 Å². The van der Waals surface area contributed by atoms with E-state index in [9.17, 15) is 0 Å². The van der Waals surface area contributed by atoms with E-state index in [0.717, 1.165) is 35.8 Å². The van der Waals surface area contributed by atoms with Gasteiger partial charge in [0.2, 0.25) is 0 Å². The third-order valence-electron chi connectivity index (χ3n) is 3.54. The topological polar surface area (TPSA) is 42.2 Å². The van der Waals surface area contributed by atoms with E-state index in [1.165, 1.54) is 23.5 Å². The largest absolute Gasteiger partial charge is 0.398 e. The van der Waals surface area contributed by atoms with E-state index < -0.39 is 0 Å². The molecule has 2 heterocycles. The van der Waals surface area contributed by atoms with Gasteiger partial charge in [-0.15, -0.1) is 11.3 Å². The van der Waals surface area contributed by atoms with E-state index in [1.54, 1.807) is 11.3 Å². The molecular formula is C15H19N3S. The Bertz CT molecular complexity index is 577. The van der Waals surface area contributed by atoms with Crippen LogP contribution in [-0.4, -0.2) is 23.0 Å². The molecule has 0 radical (unpaired) electrons. The number of thiazole rings is 1. The van der Waals surface area contributed by atoms with Crippen molar-refractivity contribution in [3.8, 4) is 10.6 Å². The number of nitrogens with two attached hydrogens (primary N) is 1. The van der Waals surface area contributed by atoms with Gasteiger partial charge in [0.1, 0.15) is 5.01 Å². The molecule has 3 nitrogen and oxygen atoms in total. The van der Waals surface area contributed by atoms with Crippen molar-refractivity contribution in [1.82, 2.24) is 9.88 Å². The maximum absolute atomic E-state index is 6.04. The standard InChI is InChI=1S/C15H19N3S/c1-2-8-18-9-7-13-14(10-18)19-15(17-13)11-5-3-4-6-12(11)16/h3-6H,2,7-10,16H2,1H3. The fraction of sp³-hybridized carbons (Fsp3) is 0.400. The fourth-order valence-electron chi connectivity index (χ4n) is 2.56. The Morgan fingerprint density at radius 3 is 3.00 bits per heavy atom. The van der Waals surface area contributed by atoms with Crippen molar-refractivity contribution in [2.45, 2.75) is 26.3 Å². The highest BCUT2D eigenvalue weighted by molar-refractivity contribution is 7.15. The van der Waals surface area contributed by atoms with Crippen molar-refractivity contribution in [2.24, 2.45) is 0 Å². The normalized spacial score (nSPS) is 15.4. The van der Waals surface area contributed by atoms with Crippen LogP contribution in [0.1, 0.15) is 23.9 Å². The second kappa shape index (κ2) is 5.31. The lowest BCUT2D eigenvalue weighted by molar-refractivity contribution is 0.256. The molecule has 3 rings (SSSR count). The highest BCUT2D eigenvalue weighted by Gasteiger charge is 2.20. The average molecular weight is 273 g/mol. The Hall–Kier alpha value is -1.39. The number of benzene rings is 1. The molecule has 2 aromatic rings. The van der Waals surface area contributed by atoms with Crippen LogP contribution in [0.25, 0.3) is 10.6 Å². The van der Waals surface area contributed by atoms with Gasteiger partial charge in [-0.1, -0.05) is 19.1 Å². The van der Waals surface area contributed by atoms with Gasteiger partial charge < -0.3 is 5.73 Å². The maximum Gasteiger partial charge on any atom is 0.125 e. The summed E-state index contributed by atoms with van der Waals surface area (Å²) in [6, 6.07) is 7.99. The Kier molecular flexibility index (Phi) is 3.53. The number of hydrogen-bond donors (Lipinski definition) is 1. The molecule has 0 amide bonds. The van der Waals surface area contributed by atoms with Gasteiger partial charge in [0.15, 0.2) is 0 Å². The van der Waals surface area contributed by atoms with Crippen LogP contribution in [0.15, 0.2) is 24.3 Å². The summed E-state index contributed by atoms with van der Waals surface area (Å²) in [5.74, 6) is 0. The van der Waals surface area contributed by atoms with Crippen molar-refractivity contribution in [3.05, 3.63) is 34.8 Å². The number of rotatable bonds is 3. The SMILES string of the molecule is CCCN1CCc2nc(-c3ccccc3N)sc2C1. The monoisotopic (exact) mass is 273 g/mol. The molecule has 0 bridgehead atoms.